The molecule has 0 aromatic heterocycles. The van der Waals surface area contributed by atoms with Crippen LogP contribution in [-0.4, -0.2) is 25.0 Å². The zero-order chi connectivity index (χ0) is 10.7. The number of benzene rings is 1. The van der Waals surface area contributed by atoms with Crippen molar-refractivity contribution < 1.29 is 0 Å². The summed E-state index contributed by atoms with van der Waals surface area (Å²) < 4.78 is 0. The first kappa shape index (κ1) is 10.7. The van der Waals surface area contributed by atoms with Crippen molar-refractivity contribution in [3.63, 3.8) is 0 Å². The third-order valence-corrected chi connectivity index (χ3v) is 3.38. The summed E-state index contributed by atoms with van der Waals surface area (Å²) in [5.74, 6) is 0.743. The highest BCUT2D eigenvalue weighted by Gasteiger charge is 2.18. The molecular formula is C13H20N2. The lowest BCUT2D eigenvalue weighted by Crippen LogP contribution is -2.29. The van der Waals surface area contributed by atoms with Gasteiger partial charge >= 0.3 is 0 Å². The molecule has 0 aliphatic carbocycles. The molecule has 1 saturated heterocycles. The lowest BCUT2D eigenvalue weighted by atomic mass is 9.89. The van der Waals surface area contributed by atoms with Crippen LogP contribution >= 0.6 is 0 Å². The standard InChI is InChI=1S/C13H20N2/c1-15-7-5-12(6-8-15)13-4-2-3-11(9-13)10-14/h2-4,9,12H,5-8,10,14H2,1H3. The van der Waals surface area contributed by atoms with E-state index in [9.17, 15) is 0 Å². The fraction of sp³-hybridized carbons (Fsp3) is 0.538. The zero-order valence-corrected chi connectivity index (χ0v) is 9.45. The maximum atomic E-state index is 5.66. The second-order valence-corrected chi connectivity index (χ2v) is 4.53. The summed E-state index contributed by atoms with van der Waals surface area (Å²) in [6, 6.07) is 8.76. The number of piperidine rings is 1. The molecule has 0 saturated carbocycles. The van der Waals surface area contributed by atoms with Crippen LogP contribution in [0.15, 0.2) is 24.3 Å². The van der Waals surface area contributed by atoms with Gasteiger partial charge in [0.15, 0.2) is 0 Å². The van der Waals surface area contributed by atoms with Crippen molar-refractivity contribution in [3.8, 4) is 0 Å². The van der Waals surface area contributed by atoms with Crippen LogP contribution in [0.1, 0.15) is 29.9 Å². The highest BCUT2D eigenvalue weighted by atomic mass is 15.1. The number of nitrogens with zero attached hydrogens (tertiary/aromatic N) is 1. The van der Waals surface area contributed by atoms with Crippen LogP contribution in [-0.2, 0) is 6.54 Å². The minimum absolute atomic E-state index is 0.653. The Labute approximate surface area is 92.1 Å². The van der Waals surface area contributed by atoms with Gasteiger partial charge in [0.25, 0.3) is 0 Å². The van der Waals surface area contributed by atoms with Gasteiger partial charge in [-0.1, -0.05) is 24.3 Å². The predicted molar refractivity (Wildman–Crippen MR) is 63.8 cm³/mol. The molecule has 2 nitrogen and oxygen atoms in total. The molecular weight excluding hydrogens is 184 g/mol. The van der Waals surface area contributed by atoms with E-state index in [0.717, 1.165) is 5.92 Å². The number of likely N-dealkylation sites (tertiary alicyclic amines) is 1. The minimum atomic E-state index is 0.653. The number of hydrogen-bond donors (Lipinski definition) is 1. The summed E-state index contributed by atoms with van der Waals surface area (Å²) in [6.45, 7) is 3.09. The molecule has 0 spiro atoms. The average molecular weight is 204 g/mol. The quantitative estimate of drug-likeness (QED) is 0.798. The van der Waals surface area contributed by atoms with E-state index in [1.54, 1.807) is 0 Å². The van der Waals surface area contributed by atoms with E-state index in [-0.39, 0.29) is 0 Å². The summed E-state index contributed by atoms with van der Waals surface area (Å²) in [4.78, 5) is 2.41. The SMILES string of the molecule is CN1CCC(c2cccc(CN)c2)CC1. The van der Waals surface area contributed by atoms with Gasteiger partial charge in [0, 0.05) is 6.54 Å². The molecule has 2 heteroatoms. The molecule has 82 valence electrons. The molecule has 1 aliphatic heterocycles. The normalized spacial score (nSPS) is 19.3. The molecule has 0 bridgehead atoms. The summed E-state index contributed by atoms with van der Waals surface area (Å²) in [5, 5.41) is 0. The van der Waals surface area contributed by atoms with Crippen LogP contribution in [0.4, 0.5) is 0 Å². The topological polar surface area (TPSA) is 29.3 Å². The van der Waals surface area contributed by atoms with E-state index < -0.39 is 0 Å². The number of rotatable bonds is 2. The second-order valence-electron chi connectivity index (χ2n) is 4.53. The number of nitrogens with two attached hydrogens (primary N) is 1. The Hall–Kier alpha value is -0.860. The van der Waals surface area contributed by atoms with Crippen LogP contribution in [0, 0.1) is 0 Å². The first-order valence-electron chi connectivity index (χ1n) is 5.77. The summed E-state index contributed by atoms with van der Waals surface area (Å²) in [7, 11) is 2.20. The highest BCUT2D eigenvalue weighted by Crippen LogP contribution is 2.27. The predicted octanol–water partition coefficient (Wildman–Crippen LogP) is 1.95. The Balaban J connectivity index is 2.08. The van der Waals surface area contributed by atoms with Gasteiger partial charge in [-0.25, -0.2) is 0 Å². The molecule has 2 rings (SSSR count). The molecule has 1 aliphatic rings. The Bertz CT molecular complexity index is 314. The first-order chi connectivity index (χ1) is 7.29. The molecule has 1 fully saturated rings. The highest BCUT2D eigenvalue weighted by molar-refractivity contribution is 5.26. The van der Waals surface area contributed by atoms with E-state index in [4.69, 9.17) is 5.73 Å². The molecule has 1 aromatic carbocycles. The van der Waals surface area contributed by atoms with Crippen molar-refractivity contribution in [1.82, 2.24) is 4.90 Å². The second kappa shape index (κ2) is 4.77. The largest absolute Gasteiger partial charge is 0.326 e. The van der Waals surface area contributed by atoms with Crippen LogP contribution < -0.4 is 5.73 Å². The summed E-state index contributed by atoms with van der Waals surface area (Å²) in [6.07, 6.45) is 2.56. The van der Waals surface area contributed by atoms with Crippen molar-refractivity contribution >= 4 is 0 Å². The maximum absolute atomic E-state index is 5.66. The van der Waals surface area contributed by atoms with Crippen molar-refractivity contribution in [1.29, 1.82) is 0 Å². The van der Waals surface area contributed by atoms with Crippen LogP contribution in [0.25, 0.3) is 0 Å². The Morgan fingerprint density at radius 3 is 2.73 bits per heavy atom. The fourth-order valence-electron chi connectivity index (χ4n) is 2.32. The Morgan fingerprint density at radius 1 is 1.33 bits per heavy atom. The molecule has 15 heavy (non-hydrogen) atoms. The van der Waals surface area contributed by atoms with E-state index in [1.807, 2.05) is 0 Å². The maximum Gasteiger partial charge on any atom is 0.0178 e. The molecule has 0 unspecified atom stereocenters. The van der Waals surface area contributed by atoms with E-state index in [2.05, 4.69) is 36.2 Å². The van der Waals surface area contributed by atoms with Gasteiger partial charge in [0.05, 0.1) is 0 Å². The van der Waals surface area contributed by atoms with Gasteiger partial charge in [-0.3, -0.25) is 0 Å². The summed E-state index contributed by atoms with van der Waals surface area (Å²) >= 11 is 0. The third-order valence-electron chi connectivity index (χ3n) is 3.38. The summed E-state index contributed by atoms with van der Waals surface area (Å²) in [5.41, 5.74) is 8.40. The first-order valence-corrected chi connectivity index (χ1v) is 5.77. The van der Waals surface area contributed by atoms with Gasteiger partial charge < -0.3 is 10.6 Å². The monoisotopic (exact) mass is 204 g/mol. The van der Waals surface area contributed by atoms with Gasteiger partial charge in [0.2, 0.25) is 0 Å². The van der Waals surface area contributed by atoms with Crippen LogP contribution in [0.3, 0.4) is 0 Å². The van der Waals surface area contributed by atoms with Gasteiger partial charge in [-0.2, -0.15) is 0 Å². The molecule has 2 N–H and O–H groups in total. The molecule has 0 radical (unpaired) electrons. The van der Waals surface area contributed by atoms with Gasteiger partial charge in [-0.15, -0.1) is 0 Å². The fourth-order valence-corrected chi connectivity index (χ4v) is 2.32. The van der Waals surface area contributed by atoms with Gasteiger partial charge in [0.1, 0.15) is 0 Å². The zero-order valence-electron chi connectivity index (χ0n) is 9.45. The van der Waals surface area contributed by atoms with Crippen molar-refractivity contribution in [2.75, 3.05) is 20.1 Å². The molecule has 1 heterocycles. The lowest BCUT2D eigenvalue weighted by molar-refractivity contribution is 0.255. The van der Waals surface area contributed by atoms with E-state index in [0.29, 0.717) is 6.54 Å². The van der Waals surface area contributed by atoms with E-state index in [1.165, 1.54) is 37.1 Å². The van der Waals surface area contributed by atoms with Crippen molar-refractivity contribution in [2.24, 2.45) is 5.73 Å². The molecule has 1 aromatic rings. The van der Waals surface area contributed by atoms with E-state index >= 15 is 0 Å². The minimum Gasteiger partial charge on any atom is -0.326 e. The van der Waals surface area contributed by atoms with Crippen LogP contribution in [0.2, 0.25) is 0 Å². The Kier molecular flexibility index (Phi) is 3.39. The molecule has 0 atom stereocenters. The van der Waals surface area contributed by atoms with Crippen molar-refractivity contribution in [3.05, 3.63) is 35.4 Å². The Morgan fingerprint density at radius 2 is 2.07 bits per heavy atom. The van der Waals surface area contributed by atoms with Crippen LogP contribution in [0.5, 0.6) is 0 Å². The third kappa shape index (κ3) is 2.58. The van der Waals surface area contributed by atoms with Crippen molar-refractivity contribution in [2.45, 2.75) is 25.3 Å². The number of hydrogen-bond acceptors (Lipinski definition) is 2. The molecule has 0 amide bonds. The average Bonchev–Trinajstić information content (AvgIpc) is 2.30. The lowest BCUT2D eigenvalue weighted by Gasteiger charge is -2.29. The van der Waals surface area contributed by atoms with Gasteiger partial charge in [-0.05, 0) is 50.0 Å². The smallest absolute Gasteiger partial charge is 0.0178 e.